The van der Waals surface area contributed by atoms with Gasteiger partial charge in [-0.1, -0.05) is 11.6 Å². The summed E-state index contributed by atoms with van der Waals surface area (Å²) in [6.45, 7) is 0. The van der Waals surface area contributed by atoms with Gasteiger partial charge in [-0.3, -0.25) is 0 Å². The van der Waals surface area contributed by atoms with Gasteiger partial charge in [0.2, 0.25) is 5.88 Å². The molecule has 0 fully saturated rings. The normalized spacial score (nSPS) is 11.4. The van der Waals surface area contributed by atoms with Gasteiger partial charge in [-0.15, -0.1) is 10.2 Å². The van der Waals surface area contributed by atoms with Crippen molar-refractivity contribution in [2.45, 2.75) is 6.18 Å². The lowest BCUT2D eigenvalue weighted by molar-refractivity contribution is -0.141. The van der Waals surface area contributed by atoms with Crippen LogP contribution in [0.3, 0.4) is 0 Å². The Bertz CT molecular complexity index is 587. The van der Waals surface area contributed by atoms with Crippen LogP contribution < -0.4 is 10.5 Å². The third-order valence-electron chi connectivity index (χ3n) is 2.12. The van der Waals surface area contributed by atoms with Crippen molar-refractivity contribution in [3.63, 3.8) is 0 Å². The number of benzene rings is 1. The van der Waals surface area contributed by atoms with Gasteiger partial charge in [0.05, 0.1) is 5.69 Å². The highest BCUT2D eigenvalue weighted by Gasteiger charge is 2.32. The van der Waals surface area contributed by atoms with Crippen molar-refractivity contribution in [3.8, 4) is 11.6 Å². The van der Waals surface area contributed by atoms with Crippen molar-refractivity contribution in [2.75, 3.05) is 5.73 Å². The van der Waals surface area contributed by atoms with E-state index >= 15 is 0 Å². The van der Waals surface area contributed by atoms with Gasteiger partial charge in [-0.25, -0.2) is 0 Å². The lowest BCUT2D eigenvalue weighted by Crippen LogP contribution is -2.09. The van der Waals surface area contributed by atoms with E-state index in [0.29, 0.717) is 5.02 Å². The van der Waals surface area contributed by atoms with Crippen LogP contribution in [0.1, 0.15) is 5.69 Å². The molecule has 1 aromatic carbocycles. The molecule has 0 aliphatic rings. The summed E-state index contributed by atoms with van der Waals surface area (Å²) in [5.41, 5.74) is 4.78. The molecule has 0 radical (unpaired) electrons. The van der Waals surface area contributed by atoms with E-state index in [9.17, 15) is 13.2 Å². The number of hydrogen-bond acceptors (Lipinski definition) is 4. The molecule has 0 bridgehead atoms. The first kappa shape index (κ1) is 13.4. The molecular formula is C11H7ClF3N3O. The van der Waals surface area contributed by atoms with Crippen molar-refractivity contribution >= 4 is 17.3 Å². The zero-order valence-electron chi connectivity index (χ0n) is 9.28. The van der Waals surface area contributed by atoms with Crippen molar-refractivity contribution < 1.29 is 17.9 Å². The van der Waals surface area contributed by atoms with E-state index in [1.165, 1.54) is 18.2 Å². The monoisotopic (exact) mass is 289 g/mol. The number of rotatable bonds is 2. The second-order valence-corrected chi connectivity index (χ2v) is 3.98. The maximum atomic E-state index is 12.3. The molecule has 2 N–H and O–H groups in total. The van der Waals surface area contributed by atoms with Crippen LogP contribution in [0, 0.1) is 0 Å². The van der Waals surface area contributed by atoms with E-state index in [1.54, 1.807) is 0 Å². The smallest absolute Gasteiger partial charge is 0.435 e. The third-order valence-corrected chi connectivity index (χ3v) is 2.35. The molecule has 0 saturated heterocycles. The van der Waals surface area contributed by atoms with Gasteiger partial charge < -0.3 is 10.5 Å². The van der Waals surface area contributed by atoms with Gasteiger partial charge in [-0.05, 0) is 24.3 Å². The highest BCUT2D eigenvalue weighted by Crippen LogP contribution is 2.30. The third kappa shape index (κ3) is 3.25. The van der Waals surface area contributed by atoms with Crippen molar-refractivity contribution in [3.05, 3.63) is 41.0 Å². The maximum Gasteiger partial charge on any atom is 0.435 e. The average molecular weight is 290 g/mol. The van der Waals surface area contributed by atoms with Crippen molar-refractivity contribution in [2.24, 2.45) is 0 Å². The molecule has 1 heterocycles. The molecule has 0 aliphatic carbocycles. The summed E-state index contributed by atoms with van der Waals surface area (Å²) in [6.07, 6.45) is -4.54. The summed E-state index contributed by atoms with van der Waals surface area (Å²) >= 11 is 5.70. The molecule has 0 saturated carbocycles. The minimum atomic E-state index is -4.54. The van der Waals surface area contributed by atoms with Crippen LogP contribution in [-0.4, -0.2) is 10.2 Å². The molecule has 0 atom stereocenters. The van der Waals surface area contributed by atoms with E-state index in [2.05, 4.69) is 10.2 Å². The van der Waals surface area contributed by atoms with E-state index < -0.39 is 11.9 Å². The molecule has 19 heavy (non-hydrogen) atoms. The number of nitrogen functional groups attached to an aromatic ring is 1. The minimum Gasteiger partial charge on any atom is -0.435 e. The summed E-state index contributed by atoms with van der Waals surface area (Å²) in [6, 6.07) is 6.30. The van der Waals surface area contributed by atoms with Crippen LogP contribution in [0.15, 0.2) is 30.3 Å². The highest BCUT2D eigenvalue weighted by molar-refractivity contribution is 6.30. The zero-order chi connectivity index (χ0) is 14.0. The molecule has 100 valence electrons. The SMILES string of the molecule is Nc1cc(Cl)ccc1Oc1ccc(C(F)(F)F)nn1. The molecule has 1 aromatic heterocycles. The first-order valence-electron chi connectivity index (χ1n) is 5.00. The summed E-state index contributed by atoms with van der Waals surface area (Å²) in [7, 11) is 0. The molecule has 2 aromatic rings. The van der Waals surface area contributed by atoms with Crippen LogP contribution >= 0.6 is 11.6 Å². The number of anilines is 1. The minimum absolute atomic E-state index is 0.0953. The first-order chi connectivity index (χ1) is 8.86. The topological polar surface area (TPSA) is 61.0 Å². The first-order valence-corrected chi connectivity index (χ1v) is 5.38. The van der Waals surface area contributed by atoms with Crippen LogP contribution in [0.2, 0.25) is 5.02 Å². The summed E-state index contributed by atoms with van der Waals surface area (Å²) in [5, 5.41) is 6.77. The van der Waals surface area contributed by atoms with E-state index in [0.717, 1.165) is 12.1 Å². The molecule has 2 rings (SSSR count). The molecular weight excluding hydrogens is 283 g/mol. The van der Waals surface area contributed by atoms with Crippen LogP contribution in [-0.2, 0) is 6.18 Å². The van der Waals surface area contributed by atoms with Crippen LogP contribution in [0.5, 0.6) is 11.6 Å². The van der Waals surface area contributed by atoms with E-state index in [1.807, 2.05) is 0 Å². The fourth-order valence-electron chi connectivity index (χ4n) is 1.25. The Hall–Kier alpha value is -2.02. The number of ether oxygens (including phenoxy) is 1. The zero-order valence-corrected chi connectivity index (χ0v) is 10.0. The molecule has 0 unspecified atom stereocenters. The summed E-state index contributed by atoms with van der Waals surface area (Å²) in [4.78, 5) is 0. The fourth-order valence-corrected chi connectivity index (χ4v) is 1.43. The second kappa shape index (κ2) is 4.93. The van der Waals surface area contributed by atoms with Crippen molar-refractivity contribution in [1.82, 2.24) is 10.2 Å². The van der Waals surface area contributed by atoms with Gasteiger partial charge >= 0.3 is 6.18 Å². The summed E-state index contributed by atoms with van der Waals surface area (Å²) in [5.74, 6) is 0.139. The van der Waals surface area contributed by atoms with E-state index in [4.69, 9.17) is 22.1 Å². The number of nitrogens with zero attached hydrogens (tertiary/aromatic N) is 2. The van der Waals surface area contributed by atoms with Gasteiger partial charge in [0.25, 0.3) is 0 Å². The number of alkyl halides is 3. The number of hydrogen-bond donors (Lipinski definition) is 1. The number of aromatic nitrogens is 2. The van der Waals surface area contributed by atoms with Crippen molar-refractivity contribution in [1.29, 1.82) is 0 Å². The largest absolute Gasteiger partial charge is 0.435 e. The Labute approximate surface area is 111 Å². The van der Waals surface area contributed by atoms with E-state index in [-0.39, 0.29) is 17.3 Å². The summed E-state index contributed by atoms with van der Waals surface area (Å²) < 4.78 is 42.0. The van der Waals surface area contributed by atoms with Crippen LogP contribution in [0.25, 0.3) is 0 Å². The predicted molar refractivity (Wildman–Crippen MR) is 63.0 cm³/mol. The molecule has 0 aliphatic heterocycles. The molecule has 8 heteroatoms. The quantitative estimate of drug-likeness (QED) is 0.859. The predicted octanol–water partition coefficient (Wildman–Crippen LogP) is 3.52. The Kier molecular flexibility index (Phi) is 3.48. The van der Waals surface area contributed by atoms with Gasteiger partial charge in [0, 0.05) is 11.1 Å². The highest BCUT2D eigenvalue weighted by atomic mass is 35.5. The number of nitrogens with two attached hydrogens (primary N) is 1. The fraction of sp³-hybridized carbons (Fsp3) is 0.0909. The van der Waals surface area contributed by atoms with Gasteiger partial charge in [-0.2, -0.15) is 13.2 Å². The Morgan fingerprint density at radius 1 is 1.11 bits per heavy atom. The standard InChI is InChI=1S/C11H7ClF3N3O/c12-6-1-2-8(7(16)5-6)19-10-4-3-9(17-18-10)11(13,14)15/h1-5H,16H2. The van der Waals surface area contributed by atoms with Crippen LogP contribution in [0.4, 0.5) is 18.9 Å². The average Bonchev–Trinajstić information content (AvgIpc) is 2.32. The second-order valence-electron chi connectivity index (χ2n) is 3.54. The molecule has 0 spiro atoms. The lowest BCUT2D eigenvalue weighted by Gasteiger charge is -2.08. The Balaban J connectivity index is 2.20. The maximum absolute atomic E-state index is 12.3. The number of halogens is 4. The van der Waals surface area contributed by atoms with Gasteiger partial charge in [0.1, 0.15) is 0 Å². The van der Waals surface area contributed by atoms with Gasteiger partial charge in [0.15, 0.2) is 11.4 Å². The Morgan fingerprint density at radius 2 is 1.84 bits per heavy atom. The molecule has 4 nitrogen and oxygen atoms in total. The lowest BCUT2D eigenvalue weighted by atomic mass is 10.3. The molecule has 0 amide bonds. The Morgan fingerprint density at radius 3 is 2.37 bits per heavy atom.